The van der Waals surface area contributed by atoms with E-state index in [-0.39, 0.29) is 18.0 Å². The minimum Gasteiger partial charge on any atom is -0.358 e. The number of carbonyl (C=O) groups is 1. The van der Waals surface area contributed by atoms with Gasteiger partial charge in [0.25, 0.3) is 0 Å². The summed E-state index contributed by atoms with van der Waals surface area (Å²) >= 11 is 1.66. The highest BCUT2D eigenvalue weighted by molar-refractivity contribution is 7.09. The molecular formula is C12H20N4OS. The Labute approximate surface area is 112 Å². The van der Waals surface area contributed by atoms with Crippen LogP contribution in [-0.2, 0) is 4.79 Å². The van der Waals surface area contributed by atoms with Gasteiger partial charge in [-0.25, -0.2) is 4.98 Å². The molecule has 1 aromatic rings. The second kappa shape index (κ2) is 5.77. The summed E-state index contributed by atoms with van der Waals surface area (Å²) in [6, 6.07) is 0.0695. The highest BCUT2D eigenvalue weighted by atomic mass is 32.1. The minimum absolute atomic E-state index is 0.0704. The summed E-state index contributed by atoms with van der Waals surface area (Å²) in [5.41, 5.74) is 1.06. The number of aromatic nitrogens is 1. The average molecular weight is 268 g/mol. The third-order valence-corrected chi connectivity index (χ3v) is 4.19. The lowest BCUT2D eigenvalue weighted by molar-refractivity contribution is -0.127. The summed E-state index contributed by atoms with van der Waals surface area (Å²) in [7, 11) is 1.69. The van der Waals surface area contributed by atoms with E-state index in [0.29, 0.717) is 6.54 Å². The maximum absolute atomic E-state index is 11.9. The minimum atomic E-state index is -0.110. The van der Waals surface area contributed by atoms with Gasteiger partial charge in [-0.1, -0.05) is 0 Å². The van der Waals surface area contributed by atoms with Gasteiger partial charge in [0, 0.05) is 32.1 Å². The Bertz CT molecular complexity index is 420. The molecule has 2 N–H and O–H groups in total. The number of aryl methyl sites for hydroxylation is 1. The van der Waals surface area contributed by atoms with Crippen molar-refractivity contribution in [2.24, 2.45) is 0 Å². The highest BCUT2D eigenvalue weighted by Gasteiger charge is 2.32. The van der Waals surface area contributed by atoms with Crippen LogP contribution in [0.4, 0.5) is 0 Å². The van der Waals surface area contributed by atoms with Gasteiger partial charge >= 0.3 is 0 Å². The number of hydrogen-bond donors (Lipinski definition) is 2. The van der Waals surface area contributed by atoms with Gasteiger partial charge in [-0.3, -0.25) is 9.69 Å². The molecule has 0 radical (unpaired) electrons. The molecular weight excluding hydrogens is 248 g/mol. The van der Waals surface area contributed by atoms with Gasteiger partial charge in [0.05, 0.1) is 16.7 Å². The largest absolute Gasteiger partial charge is 0.358 e. The molecule has 2 rings (SSSR count). The number of nitrogens with one attached hydrogen (secondary N) is 2. The molecule has 2 unspecified atom stereocenters. The first kappa shape index (κ1) is 13.5. The second-order valence-electron chi connectivity index (χ2n) is 4.54. The van der Waals surface area contributed by atoms with Crippen LogP contribution in [0.5, 0.6) is 0 Å². The fraction of sp³-hybridized carbons (Fsp3) is 0.667. The molecule has 1 aliphatic rings. The highest BCUT2D eigenvalue weighted by Crippen LogP contribution is 2.24. The fourth-order valence-corrected chi connectivity index (χ4v) is 3.03. The van der Waals surface area contributed by atoms with Crippen molar-refractivity contribution in [3.63, 3.8) is 0 Å². The fourth-order valence-electron chi connectivity index (χ4n) is 2.34. The number of piperazine rings is 1. The zero-order valence-electron chi connectivity index (χ0n) is 11.1. The molecule has 18 heavy (non-hydrogen) atoms. The monoisotopic (exact) mass is 268 g/mol. The van der Waals surface area contributed by atoms with Crippen LogP contribution >= 0.6 is 11.3 Å². The Kier molecular flexibility index (Phi) is 4.31. The summed E-state index contributed by atoms with van der Waals surface area (Å²) in [5, 5.41) is 9.17. The van der Waals surface area contributed by atoms with Gasteiger partial charge in [-0.15, -0.1) is 11.3 Å². The number of nitrogens with zero attached hydrogens (tertiary/aromatic N) is 2. The van der Waals surface area contributed by atoms with Crippen molar-refractivity contribution < 1.29 is 4.79 Å². The normalized spacial score (nSPS) is 22.7. The van der Waals surface area contributed by atoms with Gasteiger partial charge in [0.1, 0.15) is 6.04 Å². The Balaban J connectivity index is 2.15. The Hall–Kier alpha value is -0.980. The van der Waals surface area contributed by atoms with Crippen LogP contribution in [0.15, 0.2) is 5.38 Å². The molecule has 0 bridgehead atoms. The lowest BCUT2D eigenvalue weighted by Crippen LogP contribution is -2.57. The lowest BCUT2D eigenvalue weighted by atomic mass is 10.1. The molecule has 1 aromatic heterocycles. The molecule has 1 aliphatic heterocycles. The Morgan fingerprint density at radius 1 is 1.72 bits per heavy atom. The maximum Gasteiger partial charge on any atom is 0.238 e. The third-order valence-electron chi connectivity index (χ3n) is 3.40. The van der Waals surface area contributed by atoms with Crippen molar-refractivity contribution >= 4 is 17.2 Å². The van der Waals surface area contributed by atoms with Gasteiger partial charge in [0.2, 0.25) is 5.91 Å². The first-order valence-corrected chi connectivity index (χ1v) is 7.11. The summed E-state index contributed by atoms with van der Waals surface area (Å²) in [6.07, 6.45) is 0. The predicted molar refractivity (Wildman–Crippen MR) is 72.7 cm³/mol. The number of carbonyl (C=O) groups excluding carboxylic acids is 1. The first-order valence-electron chi connectivity index (χ1n) is 6.23. The predicted octanol–water partition coefficient (Wildman–Crippen LogP) is 0.532. The van der Waals surface area contributed by atoms with E-state index in [1.54, 1.807) is 18.4 Å². The van der Waals surface area contributed by atoms with Crippen molar-refractivity contribution in [1.29, 1.82) is 0 Å². The standard InChI is InChI=1S/C12H20N4OS/c1-8(10-7-18-9(2)15-10)16-5-4-14-6-11(16)12(17)13-3/h7-8,11,14H,4-6H2,1-3H3,(H,13,17). The topological polar surface area (TPSA) is 57.3 Å². The molecule has 1 amide bonds. The van der Waals surface area contributed by atoms with Crippen LogP contribution in [0.25, 0.3) is 0 Å². The van der Waals surface area contributed by atoms with Crippen LogP contribution in [-0.4, -0.2) is 48.5 Å². The lowest BCUT2D eigenvalue weighted by Gasteiger charge is -2.38. The van der Waals surface area contributed by atoms with E-state index >= 15 is 0 Å². The van der Waals surface area contributed by atoms with E-state index in [0.717, 1.165) is 23.8 Å². The summed E-state index contributed by atoms with van der Waals surface area (Å²) in [6.45, 7) is 6.62. The molecule has 0 saturated carbocycles. The Morgan fingerprint density at radius 3 is 3.11 bits per heavy atom. The molecule has 2 atom stereocenters. The number of rotatable bonds is 3. The van der Waals surface area contributed by atoms with Gasteiger partial charge in [-0.2, -0.15) is 0 Å². The van der Waals surface area contributed by atoms with Crippen molar-refractivity contribution in [3.05, 3.63) is 16.1 Å². The quantitative estimate of drug-likeness (QED) is 0.840. The molecule has 0 aromatic carbocycles. The maximum atomic E-state index is 11.9. The Morgan fingerprint density at radius 2 is 2.50 bits per heavy atom. The zero-order valence-corrected chi connectivity index (χ0v) is 11.9. The van der Waals surface area contributed by atoms with Crippen molar-refractivity contribution in [1.82, 2.24) is 20.5 Å². The molecule has 2 heterocycles. The van der Waals surface area contributed by atoms with E-state index in [1.165, 1.54) is 0 Å². The van der Waals surface area contributed by atoms with Crippen LogP contribution in [0.1, 0.15) is 23.7 Å². The second-order valence-corrected chi connectivity index (χ2v) is 5.60. The van der Waals surface area contributed by atoms with E-state index in [4.69, 9.17) is 0 Å². The van der Waals surface area contributed by atoms with Crippen molar-refractivity contribution in [2.75, 3.05) is 26.7 Å². The smallest absolute Gasteiger partial charge is 0.238 e. The molecule has 1 fully saturated rings. The summed E-state index contributed by atoms with van der Waals surface area (Å²) in [5.74, 6) is 0.0704. The first-order chi connectivity index (χ1) is 8.63. The molecule has 6 heteroatoms. The molecule has 100 valence electrons. The van der Waals surface area contributed by atoms with Crippen LogP contribution in [0, 0.1) is 6.92 Å². The summed E-state index contributed by atoms with van der Waals surface area (Å²) in [4.78, 5) is 18.7. The SMILES string of the molecule is CNC(=O)C1CNCCN1C(C)c1csc(C)n1. The molecule has 1 saturated heterocycles. The zero-order chi connectivity index (χ0) is 13.1. The van der Waals surface area contributed by atoms with Crippen LogP contribution in [0.3, 0.4) is 0 Å². The van der Waals surface area contributed by atoms with Gasteiger partial charge < -0.3 is 10.6 Å². The number of amides is 1. The van der Waals surface area contributed by atoms with Crippen LogP contribution < -0.4 is 10.6 Å². The van der Waals surface area contributed by atoms with E-state index in [1.807, 2.05) is 6.92 Å². The average Bonchev–Trinajstić information content (AvgIpc) is 2.83. The summed E-state index contributed by atoms with van der Waals surface area (Å²) < 4.78 is 0. The molecule has 5 nitrogen and oxygen atoms in total. The van der Waals surface area contributed by atoms with Crippen LogP contribution in [0.2, 0.25) is 0 Å². The number of thiazole rings is 1. The van der Waals surface area contributed by atoms with Crippen molar-refractivity contribution in [2.45, 2.75) is 25.9 Å². The van der Waals surface area contributed by atoms with E-state index in [2.05, 4.69) is 32.8 Å². The van der Waals surface area contributed by atoms with Gasteiger partial charge in [-0.05, 0) is 13.8 Å². The molecule has 0 spiro atoms. The number of likely N-dealkylation sites (N-methyl/N-ethyl adjacent to an activating group) is 1. The van der Waals surface area contributed by atoms with E-state index in [9.17, 15) is 4.79 Å². The van der Waals surface area contributed by atoms with Crippen molar-refractivity contribution in [3.8, 4) is 0 Å². The van der Waals surface area contributed by atoms with Gasteiger partial charge in [0.15, 0.2) is 0 Å². The molecule has 0 aliphatic carbocycles. The third kappa shape index (κ3) is 2.71. The number of hydrogen-bond acceptors (Lipinski definition) is 5. The van der Waals surface area contributed by atoms with E-state index < -0.39 is 0 Å².